The van der Waals surface area contributed by atoms with Gasteiger partial charge in [0.25, 0.3) is 0 Å². The van der Waals surface area contributed by atoms with E-state index in [0.717, 1.165) is 17.8 Å². The molecule has 0 aromatic carbocycles. The van der Waals surface area contributed by atoms with Crippen LogP contribution < -0.4 is 0 Å². The summed E-state index contributed by atoms with van der Waals surface area (Å²) in [7, 11) is 0. The van der Waals surface area contributed by atoms with Gasteiger partial charge in [-0.25, -0.2) is 0 Å². The molecule has 0 amide bonds. The molecule has 4 saturated carbocycles. The normalized spacial score (nSPS) is 50.7. The van der Waals surface area contributed by atoms with E-state index in [2.05, 4.69) is 13.8 Å². The van der Waals surface area contributed by atoms with E-state index < -0.39 is 0 Å². The third kappa shape index (κ3) is 0.566. The van der Waals surface area contributed by atoms with Crippen molar-refractivity contribution >= 4 is 0 Å². The minimum Gasteiger partial charge on any atom is -0.0553 e. The van der Waals surface area contributed by atoms with Gasteiger partial charge in [-0.2, -0.15) is 0 Å². The first kappa shape index (κ1) is 6.39. The van der Waals surface area contributed by atoms with E-state index >= 15 is 0 Å². The van der Waals surface area contributed by atoms with E-state index in [0.29, 0.717) is 5.41 Å². The van der Waals surface area contributed by atoms with Crippen molar-refractivity contribution in [2.75, 3.05) is 0 Å². The third-order valence-electron chi connectivity index (χ3n) is 4.79. The highest BCUT2D eigenvalue weighted by Crippen LogP contribution is 2.68. The second kappa shape index (κ2) is 1.62. The van der Waals surface area contributed by atoms with Gasteiger partial charge in [0.05, 0.1) is 12.3 Å². The van der Waals surface area contributed by atoms with E-state index in [-0.39, 0.29) is 0 Å². The lowest BCUT2D eigenvalue weighted by Gasteiger charge is -2.58. The van der Waals surface area contributed by atoms with Crippen LogP contribution in [0.15, 0.2) is 0 Å². The van der Waals surface area contributed by atoms with Crippen molar-refractivity contribution in [3.8, 4) is 0 Å². The fourth-order valence-corrected chi connectivity index (χ4v) is 3.63. The Labute approximate surface area is 69.4 Å². The molecular formula is C11H17+. The van der Waals surface area contributed by atoms with Crippen molar-refractivity contribution < 1.29 is 0 Å². The summed E-state index contributed by atoms with van der Waals surface area (Å²) in [4.78, 5) is 0. The molecule has 4 aliphatic carbocycles. The van der Waals surface area contributed by atoms with Crippen LogP contribution in [0.4, 0.5) is 0 Å². The maximum atomic E-state index is 2.48. The van der Waals surface area contributed by atoms with Gasteiger partial charge in [0.15, 0.2) is 0 Å². The van der Waals surface area contributed by atoms with Gasteiger partial charge in [-0.1, -0.05) is 13.8 Å². The highest BCUT2D eigenvalue weighted by Gasteiger charge is 2.67. The molecule has 0 N–H and O–H groups in total. The Hall–Kier alpha value is -0.130. The second-order valence-electron chi connectivity index (χ2n) is 5.35. The SMILES string of the molecule is CC1(C)[C@@H]2C[C@H]3CC[C+]3[C@H]1C2. The Balaban J connectivity index is 1.88. The standard InChI is InChI=1S/C11H17/c1-11(2)8-5-7-3-4-9(7)10(11)6-8/h7-8,10H,3-6H2,1-2H3/q+1/t7-,8-,10-/m1/s1. The topological polar surface area (TPSA) is 0 Å². The monoisotopic (exact) mass is 149 g/mol. The molecule has 0 heterocycles. The molecule has 0 aromatic rings. The van der Waals surface area contributed by atoms with E-state index in [1.807, 2.05) is 5.92 Å². The zero-order chi connectivity index (χ0) is 7.64. The second-order valence-corrected chi connectivity index (χ2v) is 5.35. The molecule has 60 valence electrons. The van der Waals surface area contributed by atoms with Crippen molar-refractivity contribution in [1.29, 1.82) is 0 Å². The Bertz CT molecular complexity index is 192. The molecule has 0 saturated heterocycles. The van der Waals surface area contributed by atoms with Gasteiger partial charge in [0, 0.05) is 11.8 Å². The van der Waals surface area contributed by atoms with Crippen LogP contribution in [-0.2, 0) is 0 Å². The van der Waals surface area contributed by atoms with Gasteiger partial charge in [-0.05, 0) is 18.8 Å². The van der Waals surface area contributed by atoms with Gasteiger partial charge in [0.1, 0.15) is 11.8 Å². The lowest BCUT2D eigenvalue weighted by molar-refractivity contribution is -0.0945. The van der Waals surface area contributed by atoms with Crippen molar-refractivity contribution in [3.05, 3.63) is 5.92 Å². The lowest BCUT2D eigenvalue weighted by atomic mass is 9.39. The van der Waals surface area contributed by atoms with Gasteiger partial charge >= 0.3 is 0 Å². The highest BCUT2D eigenvalue weighted by molar-refractivity contribution is 5.23. The highest BCUT2D eigenvalue weighted by atomic mass is 14.6. The summed E-state index contributed by atoms with van der Waals surface area (Å²) in [6.07, 6.45) is 6.08. The van der Waals surface area contributed by atoms with Gasteiger partial charge in [0.2, 0.25) is 0 Å². The van der Waals surface area contributed by atoms with Crippen molar-refractivity contribution in [3.63, 3.8) is 0 Å². The molecule has 0 spiro atoms. The van der Waals surface area contributed by atoms with Crippen LogP contribution in [0.5, 0.6) is 0 Å². The van der Waals surface area contributed by atoms with Crippen LogP contribution in [0.25, 0.3) is 0 Å². The van der Waals surface area contributed by atoms with Crippen molar-refractivity contribution in [1.82, 2.24) is 0 Å². The summed E-state index contributed by atoms with van der Waals surface area (Å²) in [5.41, 5.74) is 0.701. The van der Waals surface area contributed by atoms with Gasteiger partial charge < -0.3 is 0 Å². The van der Waals surface area contributed by atoms with Crippen molar-refractivity contribution in [2.24, 2.45) is 23.2 Å². The Morgan fingerprint density at radius 2 is 2.09 bits per heavy atom. The van der Waals surface area contributed by atoms with E-state index in [1.54, 1.807) is 12.8 Å². The summed E-state index contributed by atoms with van der Waals surface area (Å²) < 4.78 is 0. The minimum absolute atomic E-state index is 0.701. The maximum absolute atomic E-state index is 2.48. The molecule has 2 bridgehead atoms. The van der Waals surface area contributed by atoms with Crippen LogP contribution in [-0.4, -0.2) is 0 Å². The third-order valence-corrected chi connectivity index (χ3v) is 4.79. The first-order chi connectivity index (χ1) is 5.19. The quantitative estimate of drug-likeness (QED) is 0.464. The van der Waals surface area contributed by atoms with Crippen LogP contribution in [0.2, 0.25) is 0 Å². The summed E-state index contributed by atoms with van der Waals surface area (Å²) in [6.45, 7) is 4.96. The van der Waals surface area contributed by atoms with Crippen molar-refractivity contribution in [2.45, 2.75) is 39.5 Å². The summed E-state index contributed by atoms with van der Waals surface area (Å²) >= 11 is 0. The molecular weight excluding hydrogens is 132 g/mol. The zero-order valence-corrected chi connectivity index (χ0v) is 7.56. The molecule has 4 fully saturated rings. The average molecular weight is 149 g/mol. The molecule has 3 atom stereocenters. The van der Waals surface area contributed by atoms with E-state index in [1.165, 1.54) is 12.8 Å². The largest absolute Gasteiger partial charge is 0.106 e. The molecule has 0 aromatic heterocycles. The summed E-state index contributed by atoms with van der Waals surface area (Å²) in [6, 6.07) is 0. The zero-order valence-electron chi connectivity index (χ0n) is 7.56. The predicted molar refractivity (Wildman–Crippen MR) is 46.0 cm³/mol. The van der Waals surface area contributed by atoms with Gasteiger partial charge in [-0.3, -0.25) is 0 Å². The maximum Gasteiger partial charge on any atom is 0.106 e. The summed E-state index contributed by atoms with van der Waals surface area (Å²) in [5, 5.41) is 0. The Morgan fingerprint density at radius 1 is 1.27 bits per heavy atom. The minimum atomic E-state index is 0.701. The molecule has 0 aliphatic heterocycles. The lowest BCUT2D eigenvalue weighted by Crippen LogP contribution is -2.57. The van der Waals surface area contributed by atoms with E-state index in [4.69, 9.17) is 0 Å². The summed E-state index contributed by atoms with van der Waals surface area (Å²) in [5.74, 6) is 5.17. The molecule has 0 radical (unpaired) electrons. The first-order valence-corrected chi connectivity index (χ1v) is 5.05. The van der Waals surface area contributed by atoms with Crippen LogP contribution in [0.1, 0.15) is 39.5 Å². The predicted octanol–water partition coefficient (Wildman–Crippen LogP) is 3.04. The van der Waals surface area contributed by atoms with Crippen LogP contribution in [0.3, 0.4) is 0 Å². The Kier molecular flexibility index (Phi) is 0.944. The molecule has 4 aliphatic rings. The number of hydrogen-bond donors (Lipinski definition) is 0. The molecule has 0 heteroatoms. The smallest absolute Gasteiger partial charge is 0.0553 e. The molecule has 0 nitrogen and oxygen atoms in total. The average Bonchev–Trinajstić information content (AvgIpc) is 1.90. The Morgan fingerprint density at radius 3 is 2.45 bits per heavy atom. The first-order valence-electron chi connectivity index (χ1n) is 5.05. The molecule has 0 unspecified atom stereocenters. The fourth-order valence-electron chi connectivity index (χ4n) is 3.63. The fraction of sp³-hybridized carbons (Fsp3) is 0.909. The van der Waals surface area contributed by atoms with Crippen LogP contribution in [0, 0.1) is 29.1 Å². The van der Waals surface area contributed by atoms with Gasteiger partial charge in [-0.15, -0.1) is 0 Å². The molecule has 4 rings (SSSR count). The number of hydrogen-bond acceptors (Lipinski definition) is 0. The molecule has 11 heavy (non-hydrogen) atoms. The number of rotatable bonds is 0. The van der Waals surface area contributed by atoms with E-state index in [9.17, 15) is 0 Å². The van der Waals surface area contributed by atoms with Crippen LogP contribution >= 0.6 is 0 Å².